The maximum atomic E-state index is 14.2. The van der Waals surface area contributed by atoms with Gasteiger partial charge in [-0.05, 0) is 32.9 Å². The van der Waals surface area contributed by atoms with Crippen LogP contribution in [-0.4, -0.2) is 23.7 Å². The fourth-order valence-electron chi connectivity index (χ4n) is 1.85. The van der Waals surface area contributed by atoms with Gasteiger partial charge in [-0.25, -0.2) is 9.37 Å². The largest absolute Gasteiger partial charge is 0.316 e. The standard InChI is InChI=1S/C10H15FN2S/c1-8-13-7-9(14-8)6-10(11)2-4-12-5-3-10/h7,12H,2-6H2,1H3. The van der Waals surface area contributed by atoms with E-state index in [1.165, 1.54) is 0 Å². The van der Waals surface area contributed by atoms with Crippen molar-refractivity contribution in [2.24, 2.45) is 0 Å². The Labute approximate surface area is 87.6 Å². The van der Waals surface area contributed by atoms with E-state index in [9.17, 15) is 4.39 Å². The van der Waals surface area contributed by atoms with E-state index in [-0.39, 0.29) is 0 Å². The monoisotopic (exact) mass is 214 g/mol. The van der Waals surface area contributed by atoms with Gasteiger partial charge in [-0.2, -0.15) is 0 Å². The van der Waals surface area contributed by atoms with Crippen LogP contribution in [0.5, 0.6) is 0 Å². The molecule has 0 bridgehead atoms. The van der Waals surface area contributed by atoms with Crippen molar-refractivity contribution in [2.45, 2.75) is 31.9 Å². The number of rotatable bonds is 2. The Morgan fingerprint density at radius 1 is 1.57 bits per heavy atom. The summed E-state index contributed by atoms with van der Waals surface area (Å²) < 4.78 is 14.2. The quantitative estimate of drug-likeness (QED) is 0.815. The molecule has 0 unspecified atom stereocenters. The number of piperidine rings is 1. The van der Waals surface area contributed by atoms with Crippen LogP contribution in [0.2, 0.25) is 0 Å². The minimum atomic E-state index is -0.996. The first-order valence-electron chi connectivity index (χ1n) is 4.99. The Hall–Kier alpha value is -0.480. The number of hydrogen-bond donors (Lipinski definition) is 1. The number of aryl methyl sites for hydroxylation is 1. The summed E-state index contributed by atoms with van der Waals surface area (Å²) in [5.41, 5.74) is -0.996. The minimum absolute atomic E-state index is 0.542. The summed E-state index contributed by atoms with van der Waals surface area (Å²) in [5, 5.41) is 4.20. The molecule has 78 valence electrons. The van der Waals surface area contributed by atoms with Gasteiger partial charge in [0.1, 0.15) is 5.67 Å². The highest BCUT2D eigenvalue weighted by Gasteiger charge is 2.32. The molecular formula is C10H15FN2S. The van der Waals surface area contributed by atoms with Crippen LogP contribution in [0.15, 0.2) is 6.20 Å². The average molecular weight is 214 g/mol. The first-order valence-corrected chi connectivity index (χ1v) is 5.81. The van der Waals surface area contributed by atoms with Gasteiger partial charge in [0.05, 0.1) is 5.01 Å². The molecule has 1 aromatic rings. The van der Waals surface area contributed by atoms with Crippen LogP contribution < -0.4 is 5.32 Å². The van der Waals surface area contributed by atoms with Crippen LogP contribution in [0.25, 0.3) is 0 Å². The highest BCUT2D eigenvalue weighted by atomic mass is 32.1. The molecule has 1 aliphatic rings. The Morgan fingerprint density at radius 3 is 2.86 bits per heavy atom. The van der Waals surface area contributed by atoms with Crippen molar-refractivity contribution in [3.05, 3.63) is 16.1 Å². The summed E-state index contributed by atoms with van der Waals surface area (Å²) in [7, 11) is 0. The predicted molar refractivity (Wildman–Crippen MR) is 56.5 cm³/mol. The van der Waals surface area contributed by atoms with Gasteiger partial charge in [0.15, 0.2) is 0 Å². The maximum Gasteiger partial charge on any atom is 0.118 e. The molecule has 4 heteroatoms. The molecule has 1 fully saturated rings. The molecule has 1 aromatic heterocycles. The van der Waals surface area contributed by atoms with Crippen molar-refractivity contribution >= 4 is 11.3 Å². The van der Waals surface area contributed by atoms with Crippen molar-refractivity contribution in [3.8, 4) is 0 Å². The van der Waals surface area contributed by atoms with E-state index in [0.717, 1.165) is 23.0 Å². The summed E-state index contributed by atoms with van der Waals surface area (Å²) >= 11 is 1.61. The number of thiazole rings is 1. The van der Waals surface area contributed by atoms with Crippen LogP contribution in [0.4, 0.5) is 4.39 Å². The lowest BCUT2D eigenvalue weighted by Crippen LogP contribution is -2.39. The van der Waals surface area contributed by atoms with E-state index in [1.54, 1.807) is 11.3 Å². The lowest BCUT2D eigenvalue weighted by atomic mass is 9.91. The van der Waals surface area contributed by atoms with Crippen molar-refractivity contribution in [3.63, 3.8) is 0 Å². The molecule has 0 saturated carbocycles. The van der Waals surface area contributed by atoms with Crippen LogP contribution in [0, 0.1) is 6.92 Å². The van der Waals surface area contributed by atoms with E-state index in [0.29, 0.717) is 19.3 Å². The molecule has 0 radical (unpaired) electrons. The minimum Gasteiger partial charge on any atom is -0.316 e. The Morgan fingerprint density at radius 2 is 2.29 bits per heavy atom. The van der Waals surface area contributed by atoms with E-state index in [1.807, 2.05) is 13.1 Å². The molecule has 1 N–H and O–H groups in total. The number of hydrogen-bond acceptors (Lipinski definition) is 3. The van der Waals surface area contributed by atoms with E-state index in [4.69, 9.17) is 0 Å². The summed E-state index contributed by atoms with van der Waals surface area (Å²) in [5.74, 6) is 0. The number of nitrogens with zero attached hydrogens (tertiary/aromatic N) is 1. The first-order chi connectivity index (χ1) is 6.68. The van der Waals surface area contributed by atoms with Crippen molar-refractivity contribution in [1.82, 2.24) is 10.3 Å². The van der Waals surface area contributed by atoms with Gasteiger partial charge in [0, 0.05) is 17.5 Å². The third kappa shape index (κ3) is 2.30. The fraction of sp³-hybridized carbons (Fsp3) is 0.700. The molecular weight excluding hydrogens is 199 g/mol. The summed E-state index contributed by atoms with van der Waals surface area (Å²) in [6, 6.07) is 0. The zero-order valence-electron chi connectivity index (χ0n) is 8.35. The van der Waals surface area contributed by atoms with Gasteiger partial charge in [-0.15, -0.1) is 11.3 Å². The molecule has 0 aliphatic carbocycles. The second-order valence-electron chi connectivity index (χ2n) is 3.92. The first kappa shape index (κ1) is 10.1. The van der Waals surface area contributed by atoms with Gasteiger partial charge in [-0.1, -0.05) is 0 Å². The van der Waals surface area contributed by atoms with Gasteiger partial charge in [0.25, 0.3) is 0 Å². The zero-order chi connectivity index (χ0) is 10.0. The van der Waals surface area contributed by atoms with E-state index < -0.39 is 5.67 Å². The number of aromatic nitrogens is 1. The molecule has 2 nitrogen and oxygen atoms in total. The highest BCUT2D eigenvalue weighted by Crippen LogP contribution is 2.29. The van der Waals surface area contributed by atoms with Crippen molar-refractivity contribution in [2.75, 3.05) is 13.1 Å². The number of nitrogens with one attached hydrogen (secondary N) is 1. The summed E-state index contributed by atoms with van der Waals surface area (Å²) in [4.78, 5) is 5.23. The Bertz CT molecular complexity index is 305. The van der Waals surface area contributed by atoms with Crippen molar-refractivity contribution in [1.29, 1.82) is 0 Å². The second-order valence-corrected chi connectivity index (χ2v) is 5.24. The third-order valence-electron chi connectivity index (χ3n) is 2.66. The van der Waals surface area contributed by atoms with Gasteiger partial charge in [-0.3, -0.25) is 0 Å². The predicted octanol–water partition coefficient (Wildman–Crippen LogP) is 2.09. The molecule has 0 aromatic carbocycles. The van der Waals surface area contributed by atoms with E-state index >= 15 is 0 Å². The fourth-order valence-corrected chi connectivity index (χ4v) is 2.77. The SMILES string of the molecule is Cc1ncc(CC2(F)CCNCC2)s1. The molecule has 14 heavy (non-hydrogen) atoms. The molecule has 1 saturated heterocycles. The number of alkyl halides is 1. The normalized spacial score (nSPS) is 21.0. The topological polar surface area (TPSA) is 24.9 Å². The molecule has 2 rings (SSSR count). The lowest BCUT2D eigenvalue weighted by molar-refractivity contribution is 0.117. The van der Waals surface area contributed by atoms with Gasteiger partial charge < -0.3 is 5.32 Å². The Kier molecular flexibility index (Phi) is 2.83. The third-order valence-corrected chi connectivity index (χ3v) is 3.57. The Balaban J connectivity index is 2.01. The van der Waals surface area contributed by atoms with Crippen LogP contribution in [0.3, 0.4) is 0 Å². The molecule has 1 aliphatic heterocycles. The lowest BCUT2D eigenvalue weighted by Gasteiger charge is -2.29. The number of halogens is 1. The zero-order valence-corrected chi connectivity index (χ0v) is 9.16. The molecule has 0 atom stereocenters. The van der Waals surface area contributed by atoms with E-state index in [2.05, 4.69) is 10.3 Å². The summed E-state index contributed by atoms with van der Waals surface area (Å²) in [6.45, 7) is 3.56. The van der Waals surface area contributed by atoms with Crippen LogP contribution >= 0.6 is 11.3 Å². The van der Waals surface area contributed by atoms with Crippen molar-refractivity contribution < 1.29 is 4.39 Å². The van der Waals surface area contributed by atoms with Crippen LogP contribution in [-0.2, 0) is 6.42 Å². The second kappa shape index (κ2) is 3.95. The van der Waals surface area contributed by atoms with Crippen LogP contribution in [0.1, 0.15) is 22.7 Å². The highest BCUT2D eigenvalue weighted by molar-refractivity contribution is 7.11. The van der Waals surface area contributed by atoms with Gasteiger partial charge >= 0.3 is 0 Å². The average Bonchev–Trinajstić information content (AvgIpc) is 2.51. The smallest absolute Gasteiger partial charge is 0.118 e. The maximum absolute atomic E-state index is 14.2. The molecule has 2 heterocycles. The molecule has 0 amide bonds. The summed E-state index contributed by atoms with van der Waals surface area (Å²) in [6.07, 6.45) is 3.61. The molecule has 0 spiro atoms. The van der Waals surface area contributed by atoms with Gasteiger partial charge in [0.2, 0.25) is 0 Å².